The summed E-state index contributed by atoms with van der Waals surface area (Å²) in [6.07, 6.45) is 9.15. The van der Waals surface area contributed by atoms with Gasteiger partial charge in [0, 0.05) is 49.8 Å². The topological polar surface area (TPSA) is 57.4 Å². The summed E-state index contributed by atoms with van der Waals surface area (Å²) in [5.74, 6) is 0. The third-order valence-corrected chi connectivity index (χ3v) is 6.75. The Labute approximate surface area is 241 Å². The second-order valence-electron chi connectivity index (χ2n) is 9.40. The zero-order valence-electron chi connectivity index (χ0n) is 21.0. The van der Waals surface area contributed by atoms with Crippen molar-refractivity contribution in [2.24, 2.45) is 0 Å². The van der Waals surface area contributed by atoms with Gasteiger partial charge in [-0.05, 0) is 102 Å². The molecule has 8 bridgehead atoms. The fourth-order valence-electron chi connectivity index (χ4n) is 5.02. The Kier molecular flexibility index (Phi) is 7.61. The van der Waals surface area contributed by atoms with Gasteiger partial charge in [-0.25, -0.2) is 9.97 Å². The van der Waals surface area contributed by atoms with Crippen molar-refractivity contribution in [3.63, 3.8) is 0 Å². The number of rotatable bonds is 0. The average molecular weight is 564 g/mol. The van der Waals surface area contributed by atoms with Crippen LogP contribution in [-0.4, -0.2) is 30.9 Å². The van der Waals surface area contributed by atoms with E-state index < -0.39 is 0 Å². The molecule has 2 aromatic carbocycles. The van der Waals surface area contributed by atoms with Crippen molar-refractivity contribution in [2.75, 3.05) is 0 Å². The summed E-state index contributed by atoms with van der Waals surface area (Å²) in [4.78, 5) is 16.0. The van der Waals surface area contributed by atoms with Crippen LogP contribution in [0, 0.1) is 0 Å². The molecule has 4 nitrogen and oxygen atoms in total. The zero-order valence-corrected chi connectivity index (χ0v) is 23.0. The van der Waals surface area contributed by atoms with Crippen molar-refractivity contribution < 1.29 is 16.8 Å². The molecule has 5 heterocycles. The fraction of sp³-hybridized carbons (Fsp3) is 0.0303. The van der Waals surface area contributed by atoms with Crippen LogP contribution in [-0.2, 0) is 23.2 Å². The van der Waals surface area contributed by atoms with Crippen LogP contribution < -0.4 is 0 Å². The standard InChI is InChI=1S/C20H14N4.C13H10.Co.Si/c1-2-14-10-16-5-6-18(23-16)12-20-8-7-19(24-20)11-17-4-3-15(22-17)9-13(1)21-14;1-3-7-12-10(5-1)9-11-6-2-4-8-13(11)12;;/h1-12,21-22H;1-8H,9H2;;. The Morgan fingerprint density at radius 1 is 0.462 bits per heavy atom. The van der Waals surface area contributed by atoms with Crippen LogP contribution in [0.4, 0.5) is 0 Å². The molecule has 189 valence electrons. The molecule has 8 rings (SSSR count). The first-order chi connectivity index (χ1) is 18.2. The molecule has 39 heavy (non-hydrogen) atoms. The Morgan fingerprint density at radius 3 is 1.31 bits per heavy atom. The molecule has 0 fully saturated rings. The first-order valence-corrected chi connectivity index (χ1v) is 12.5. The van der Waals surface area contributed by atoms with Crippen molar-refractivity contribution in [3.05, 3.63) is 131 Å². The summed E-state index contributed by atoms with van der Waals surface area (Å²) in [6, 6.07) is 33.7. The number of aromatic nitrogens is 4. The maximum absolute atomic E-state index is 4.62. The average Bonchev–Trinajstić information content (AvgIpc) is 3.73. The molecule has 1 aliphatic carbocycles. The molecule has 0 amide bonds. The summed E-state index contributed by atoms with van der Waals surface area (Å²) < 4.78 is 0. The molecule has 2 N–H and O–H groups in total. The van der Waals surface area contributed by atoms with E-state index in [4.69, 9.17) is 0 Å². The number of fused-ring (bicyclic) bond motifs is 11. The Bertz CT molecular complexity index is 1750. The first kappa shape index (κ1) is 26.4. The Balaban J connectivity index is 0.000000175. The molecule has 0 unspecified atom stereocenters. The van der Waals surface area contributed by atoms with E-state index in [-0.39, 0.29) is 27.7 Å². The van der Waals surface area contributed by atoms with Crippen LogP contribution in [0.25, 0.3) is 57.5 Å². The summed E-state index contributed by atoms with van der Waals surface area (Å²) in [7, 11) is 0. The predicted molar refractivity (Wildman–Crippen MR) is 159 cm³/mol. The smallest absolute Gasteiger partial charge is 0.0659 e. The number of nitrogens with one attached hydrogen (secondary N) is 2. The molecule has 3 aromatic heterocycles. The number of nitrogens with zero attached hydrogens (tertiary/aromatic N) is 2. The van der Waals surface area contributed by atoms with Crippen molar-refractivity contribution in [2.45, 2.75) is 6.42 Å². The molecule has 5 radical (unpaired) electrons. The molecule has 0 saturated carbocycles. The number of hydrogen-bond acceptors (Lipinski definition) is 2. The van der Waals surface area contributed by atoms with Crippen LogP contribution in [0.3, 0.4) is 0 Å². The van der Waals surface area contributed by atoms with Gasteiger partial charge in [0.1, 0.15) is 0 Å². The molecule has 0 spiro atoms. The van der Waals surface area contributed by atoms with Crippen LogP contribution >= 0.6 is 0 Å². The molecule has 0 saturated heterocycles. The van der Waals surface area contributed by atoms with Crippen molar-refractivity contribution >= 4 is 57.3 Å². The summed E-state index contributed by atoms with van der Waals surface area (Å²) in [5.41, 5.74) is 13.6. The van der Waals surface area contributed by atoms with Gasteiger partial charge in [-0.15, -0.1) is 0 Å². The van der Waals surface area contributed by atoms with Gasteiger partial charge in [-0.3, -0.25) is 0 Å². The summed E-state index contributed by atoms with van der Waals surface area (Å²) in [6.45, 7) is 0. The van der Waals surface area contributed by atoms with Crippen molar-refractivity contribution in [1.82, 2.24) is 19.9 Å². The SMILES string of the molecule is C1=Cc2cc3ccc(cc4ccc(cc5nc(cc1n2)C=C5)[nH]4)[nH]3.[Co].[Si].c1ccc2c(c1)Cc1ccccc1-2. The quantitative estimate of drug-likeness (QED) is 0.188. The van der Waals surface area contributed by atoms with E-state index in [1.807, 2.05) is 42.5 Å². The second kappa shape index (κ2) is 11.2. The van der Waals surface area contributed by atoms with Crippen molar-refractivity contribution in [1.29, 1.82) is 0 Å². The molecule has 2 aliphatic heterocycles. The Hall–Kier alpha value is -4.24. The molecule has 6 heteroatoms. The van der Waals surface area contributed by atoms with E-state index >= 15 is 0 Å². The monoisotopic (exact) mass is 563 g/mol. The number of aromatic amines is 2. The second-order valence-corrected chi connectivity index (χ2v) is 9.40. The first-order valence-electron chi connectivity index (χ1n) is 12.5. The fourth-order valence-corrected chi connectivity index (χ4v) is 5.02. The van der Waals surface area contributed by atoms with E-state index in [1.165, 1.54) is 22.3 Å². The van der Waals surface area contributed by atoms with Gasteiger partial charge in [0.2, 0.25) is 0 Å². The van der Waals surface area contributed by atoms with Gasteiger partial charge in [-0.1, -0.05) is 48.5 Å². The van der Waals surface area contributed by atoms with Gasteiger partial charge in [0.25, 0.3) is 0 Å². The van der Waals surface area contributed by atoms with E-state index in [2.05, 4.69) is 98.8 Å². The van der Waals surface area contributed by atoms with Gasteiger partial charge in [-0.2, -0.15) is 0 Å². The zero-order chi connectivity index (χ0) is 24.6. The molecule has 5 aromatic rings. The van der Waals surface area contributed by atoms with Gasteiger partial charge < -0.3 is 9.97 Å². The number of H-pyrrole nitrogens is 2. The molecular formula is C33H24CoN4Si. The minimum Gasteiger partial charge on any atom is -0.355 e. The maximum Gasteiger partial charge on any atom is 0.0659 e. The van der Waals surface area contributed by atoms with E-state index in [0.29, 0.717) is 0 Å². The van der Waals surface area contributed by atoms with Gasteiger partial charge >= 0.3 is 0 Å². The molecule has 0 atom stereocenters. The predicted octanol–water partition coefficient (Wildman–Crippen LogP) is 7.53. The largest absolute Gasteiger partial charge is 0.355 e. The third-order valence-electron chi connectivity index (χ3n) is 6.75. The van der Waals surface area contributed by atoms with E-state index in [0.717, 1.165) is 51.3 Å². The van der Waals surface area contributed by atoms with Crippen molar-refractivity contribution in [3.8, 4) is 11.1 Å². The third kappa shape index (κ3) is 5.63. The van der Waals surface area contributed by atoms with Crippen LogP contribution in [0.2, 0.25) is 0 Å². The summed E-state index contributed by atoms with van der Waals surface area (Å²) in [5, 5.41) is 0. The van der Waals surface area contributed by atoms with E-state index in [9.17, 15) is 0 Å². The number of benzene rings is 2. The van der Waals surface area contributed by atoms with Crippen LogP contribution in [0.1, 0.15) is 33.9 Å². The molecular weight excluding hydrogens is 539 g/mol. The number of hydrogen-bond donors (Lipinski definition) is 2. The van der Waals surface area contributed by atoms with E-state index in [1.54, 1.807) is 0 Å². The normalized spacial score (nSPS) is 11.9. The summed E-state index contributed by atoms with van der Waals surface area (Å²) >= 11 is 0. The maximum atomic E-state index is 4.62. The minimum absolute atomic E-state index is 0. The minimum atomic E-state index is 0. The Morgan fingerprint density at radius 2 is 0.846 bits per heavy atom. The van der Waals surface area contributed by atoms with Gasteiger partial charge in [0.05, 0.1) is 22.8 Å². The van der Waals surface area contributed by atoms with Crippen LogP contribution in [0.15, 0.2) is 97.1 Å². The van der Waals surface area contributed by atoms with Gasteiger partial charge in [0.15, 0.2) is 0 Å². The van der Waals surface area contributed by atoms with Crippen LogP contribution in [0.5, 0.6) is 0 Å². The molecule has 3 aliphatic rings.